The molecule has 0 spiro atoms. The Bertz CT molecular complexity index is 608. The summed E-state index contributed by atoms with van der Waals surface area (Å²) in [4.78, 5) is 11.7. The number of nitrogens with two attached hydrogens (primary N) is 1. The molecule has 1 aromatic heterocycles. The molecule has 1 amide bonds. The number of hydrogen-bond donors (Lipinski definition) is 2. The van der Waals surface area contributed by atoms with E-state index >= 15 is 0 Å². The average Bonchev–Trinajstić information content (AvgIpc) is 2.76. The number of carbonyl (C=O) groups excluding carboxylic acids is 1. The zero-order valence-electron chi connectivity index (χ0n) is 9.46. The van der Waals surface area contributed by atoms with Crippen molar-refractivity contribution in [1.29, 1.82) is 0 Å². The smallest absolute Gasteiger partial charge is 0.291 e. The van der Waals surface area contributed by atoms with Crippen molar-refractivity contribution < 1.29 is 18.0 Å². The van der Waals surface area contributed by atoms with Gasteiger partial charge in [0, 0.05) is 0 Å². The van der Waals surface area contributed by atoms with Gasteiger partial charge in [0.05, 0.1) is 5.69 Å². The van der Waals surface area contributed by atoms with E-state index in [1.807, 2.05) is 0 Å². The Balaban J connectivity index is 2.30. The fourth-order valence-corrected chi connectivity index (χ4v) is 1.42. The second-order valence-electron chi connectivity index (χ2n) is 3.69. The van der Waals surface area contributed by atoms with Crippen LogP contribution in [0, 0.1) is 18.6 Å². The standard InChI is InChI=1S/C12H10F2N2O2/c1-6-2-5-9(18-6)12(17)16-11-8(15)4-3-7(13)10(11)14/h2-5H,15H2,1H3,(H,16,17). The van der Waals surface area contributed by atoms with Gasteiger partial charge in [-0.2, -0.15) is 0 Å². The lowest BCUT2D eigenvalue weighted by Crippen LogP contribution is -2.14. The minimum Gasteiger partial charge on any atom is -0.456 e. The molecule has 94 valence electrons. The summed E-state index contributed by atoms with van der Waals surface area (Å²) >= 11 is 0. The van der Waals surface area contributed by atoms with Gasteiger partial charge in [-0.05, 0) is 31.2 Å². The van der Waals surface area contributed by atoms with Crippen molar-refractivity contribution in [3.05, 3.63) is 47.4 Å². The predicted octanol–water partition coefficient (Wildman–Crippen LogP) is 2.70. The quantitative estimate of drug-likeness (QED) is 0.807. The lowest BCUT2D eigenvalue weighted by molar-refractivity contribution is 0.0995. The van der Waals surface area contributed by atoms with Gasteiger partial charge in [-0.1, -0.05) is 0 Å². The fraction of sp³-hybridized carbons (Fsp3) is 0.0833. The van der Waals surface area contributed by atoms with Crippen LogP contribution in [-0.2, 0) is 0 Å². The number of halogens is 2. The highest BCUT2D eigenvalue weighted by atomic mass is 19.2. The Kier molecular flexibility index (Phi) is 3.01. The van der Waals surface area contributed by atoms with E-state index < -0.39 is 23.2 Å². The molecule has 2 rings (SSSR count). The minimum absolute atomic E-state index is 0.00411. The number of nitrogen functional groups attached to an aromatic ring is 1. The van der Waals surface area contributed by atoms with E-state index in [0.29, 0.717) is 5.76 Å². The number of benzene rings is 1. The van der Waals surface area contributed by atoms with Crippen molar-refractivity contribution in [2.45, 2.75) is 6.92 Å². The first kappa shape index (κ1) is 12.1. The normalized spacial score (nSPS) is 10.4. The number of anilines is 2. The average molecular weight is 252 g/mol. The third kappa shape index (κ3) is 2.17. The zero-order chi connectivity index (χ0) is 13.3. The third-order valence-corrected chi connectivity index (χ3v) is 2.33. The molecular formula is C12H10F2N2O2. The predicted molar refractivity (Wildman–Crippen MR) is 62.2 cm³/mol. The molecule has 0 aliphatic rings. The molecule has 0 atom stereocenters. The van der Waals surface area contributed by atoms with Gasteiger partial charge in [0.2, 0.25) is 0 Å². The second kappa shape index (κ2) is 4.48. The zero-order valence-corrected chi connectivity index (χ0v) is 9.46. The van der Waals surface area contributed by atoms with E-state index in [1.54, 1.807) is 13.0 Å². The van der Waals surface area contributed by atoms with Crippen LogP contribution in [0.4, 0.5) is 20.2 Å². The first-order valence-corrected chi connectivity index (χ1v) is 5.10. The molecule has 4 nitrogen and oxygen atoms in total. The maximum absolute atomic E-state index is 13.4. The van der Waals surface area contributed by atoms with E-state index in [4.69, 9.17) is 10.2 Å². The van der Waals surface area contributed by atoms with Crippen LogP contribution >= 0.6 is 0 Å². The van der Waals surface area contributed by atoms with E-state index in [9.17, 15) is 13.6 Å². The van der Waals surface area contributed by atoms with Gasteiger partial charge in [0.1, 0.15) is 11.4 Å². The molecule has 1 aromatic carbocycles. The van der Waals surface area contributed by atoms with Gasteiger partial charge < -0.3 is 15.5 Å². The summed E-state index contributed by atoms with van der Waals surface area (Å²) in [5, 5.41) is 2.18. The summed E-state index contributed by atoms with van der Waals surface area (Å²) in [7, 11) is 0. The van der Waals surface area contributed by atoms with Gasteiger partial charge in [-0.3, -0.25) is 4.79 Å². The molecule has 2 aromatic rings. The molecule has 0 saturated carbocycles. The number of aryl methyl sites for hydroxylation is 1. The van der Waals surface area contributed by atoms with Crippen LogP contribution in [0.15, 0.2) is 28.7 Å². The molecule has 0 bridgehead atoms. The van der Waals surface area contributed by atoms with Crippen LogP contribution in [0.3, 0.4) is 0 Å². The Labute approximate surface area is 101 Å². The Morgan fingerprint density at radius 1 is 1.28 bits per heavy atom. The highest BCUT2D eigenvalue weighted by molar-refractivity contribution is 6.04. The van der Waals surface area contributed by atoms with Gasteiger partial charge in [-0.25, -0.2) is 8.78 Å². The highest BCUT2D eigenvalue weighted by Gasteiger charge is 2.17. The first-order chi connectivity index (χ1) is 8.49. The summed E-state index contributed by atoms with van der Waals surface area (Å²) in [5.74, 6) is -2.45. The SMILES string of the molecule is Cc1ccc(C(=O)Nc2c(N)ccc(F)c2F)o1. The van der Waals surface area contributed by atoms with Crippen molar-refractivity contribution in [2.24, 2.45) is 0 Å². The number of rotatable bonds is 2. The molecule has 3 N–H and O–H groups in total. The lowest BCUT2D eigenvalue weighted by Gasteiger charge is -2.08. The Morgan fingerprint density at radius 2 is 2.00 bits per heavy atom. The topological polar surface area (TPSA) is 68.3 Å². The number of nitrogens with one attached hydrogen (secondary N) is 1. The molecule has 0 fully saturated rings. The third-order valence-electron chi connectivity index (χ3n) is 2.33. The largest absolute Gasteiger partial charge is 0.456 e. The van der Waals surface area contributed by atoms with Crippen LogP contribution in [0.5, 0.6) is 0 Å². The number of carbonyl (C=O) groups is 1. The maximum Gasteiger partial charge on any atom is 0.291 e. The molecule has 1 heterocycles. The van der Waals surface area contributed by atoms with Gasteiger partial charge in [0.25, 0.3) is 5.91 Å². The van der Waals surface area contributed by atoms with E-state index in [2.05, 4.69) is 5.32 Å². The summed E-state index contributed by atoms with van der Waals surface area (Å²) < 4.78 is 31.5. The van der Waals surface area contributed by atoms with Crippen LogP contribution in [0.25, 0.3) is 0 Å². The van der Waals surface area contributed by atoms with Crippen LogP contribution in [0.1, 0.15) is 16.3 Å². The molecular weight excluding hydrogens is 242 g/mol. The Morgan fingerprint density at radius 3 is 2.61 bits per heavy atom. The molecule has 0 aliphatic carbocycles. The monoisotopic (exact) mass is 252 g/mol. The van der Waals surface area contributed by atoms with Gasteiger partial charge in [-0.15, -0.1) is 0 Å². The van der Waals surface area contributed by atoms with E-state index in [0.717, 1.165) is 6.07 Å². The van der Waals surface area contributed by atoms with Crippen molar-refractivity contribution in [3.63, 3.8) is 0 Å². The van der Waals surface area contributed by atoms with Crippen molar-refractivity contribution in [2.75, 3.05) is 11.1 Å². The summed E-state index contributed by atoms with van der Waals surface area (Å²) in [6.45, 7) is 1.66. The molecule has 18 heavy (non-hydrogen) atoms. The highest BCUT2D eigenvalue weighted by Crippen LogP contribution is 2.25. The van der Waals surface area contributed by atoms with Gasteiger partial charge >= 0.3 is 0 Å². The summed E-state index contributed by atoms with van der Waals surface area (Å²) in [5.41, 5.74) is 5.01. The van der Waals surface area contributed by atoms with E-state index in [-0.39, 0.29) is 11.4 Å². The number of hydrogen-bond acceptors (Lipinski definition) is 3. The number of furan rings is 1. The van der Waals surface area contributed by atoms with Crippen molar-refractivity contribution >= 4 is 17.3 Å². The molecule has 0 saturated heterocycles. The Hall–Kier alpha value is -2.37. The number of amides is 1. The lowest BCUT2D eigenvalue weighted by atomic mass is 10.2. The first-order valence-electron chi connectivity index (χ1n) is 5.10. The summed E-state index contributed by atoms with van der Waals surface area (Å²) in [6.07, 6.45) is 0. The van der Waals surface area contributed by atoms with Crippen LogP contribution in [-0.4, -0.2) is 5.91 Å². The molecule has 0 radical (unpaired) electrons. The fourth-order valence-electron chi connectivity index (χ4n) is 1.42. The van der Waals surface area contributed by atoms with Crippen LogP contribution in [0.2, 0.25) is 0 Å². The van der Waals surface area contributed by atoms with E-state index in [1.165, 1.54) is 12.1 Å². The molecule has 6 heteroatoms. The minimum atomic E-state index is -1.20. The second-order valence-corrected chi connectivity index (χ2v) is 3.69. The van der Waals surface area contributed by atoms with Crippen molar-refractivity contribution in [3.8, 4) is 0 Å². The van der Waals surface area contributed by atoms with Crippen LogP contribution < -0.4 is 11.1 Å². The maximum atomic E-state index is 13.4. The molecule has 0 aliphatic heterocycles. The van der Waals surface area contributed by atoms with Crippen molar-refractivity contribution in [1.82, 2.24) is 0 Å². The summed E-state index contributed by atoms with van der Waals surface area (Å²) in [6, 6.07) is 5.07. The molecule has 0 unspecified atom stereocenters. The van der Waals surface area contributed by atoms with Gasteiger partial charge in [0.15, 0.2) is 17.4 Å².